The van der Waals surface area contributed by atoms with Gasteiger partial charge in [-0.05, 0) is 12.8 Å². The molecule has 0 aromatic carbocycles. The molecule has 2 rings (SSSR count). The van der Waals surface area contributed by atoms with E-state index in [0.29, 0.717) is 0 Å². The first kappa shape index (κ1) is 9.85. The molecule has 2 aliphatic heterocycles. The minimum absolute atomic E-state index is 0.826. The van der Waals surface area contributed by atoms with Crippen molar-refractivity contribution < 1.29 is 4.84 Å². The molecule has 2 saturated heterocycles. The van der Waals surface area contributed by atoms with E-state index in [4.69, 9.17) is 4.84 Å². The second kappa shape index (κ2) is 7.41. The van der Waals surface area contributed by atoms with E-state index in [0.717, 1.165) is 32.7 Å². The van der Waals surface area contributed by atoms with Gasteiger partial charge >= 0.3 is 0 Å². The molecule has 72 valence electrons. The van der Waals surface area contributed by atoms with Crippen LogP contribution in [0.25, 0.3) is 0 Å². The number of hydrogen-bond donors (Lipinski definition) is 5. The van der Waals surface area contributed by atoms with Crippen LogP contribution in [0, 0.1) is 0 Å². The lowest BCUT2D eigenvalue weighted by Gasteiger charge is -2.12. The lowest BCUT2D eigenvalue weighted by atomic mass is 10.4. The minimum atomic E-state index is 0.826. The first-order valence-electron chi connectivity index (χ1n) is 4.30. The van der Waals surface area contributed by atoms with Gasteiger partial charge in [-0.25, -0.2) is 16.3 Å². The van der Waals surface area contributed by atoms with Crippen molar-refractivity contribution in [3.8, 4) is 0 Å². The average molecular weight is 175 g/mol. The summed E-state index contributed by atoms with van der Waals surface area (Å²) in [4.78, 5) is 4.71. The molecule has 0 aromatic heterocycles. The SMILES string of the molecule is C1CNNNC1.C1CNNOC1. The van der Waals surface area contributed by atoms with Crippen molar-refractivity contribution in [2.24, 2.45) is 0 Å². The molecule has 12 heavy (non-hydrogen) atoms. The quantitative estimate of drug-likeness (QED) is 0.306. The van der Waals surface area contributed by atoms with Crippen LogP contribution in [0.2, 0.25) is 0 Å². The van der Waals surface area contributed by atoms with Gasteiger partial charge in [0, 0.05) is 19.6 Å². The lowest BCUT2D eigenvalue weighted by molar-refractivity contribution is -0.0180. The molecule has 6 nitrogen and oxygen atoms in total. The molecule has 2 aliphatic rings. The first-order chi connectivity index (χ1) is 6.00. The Morgan fingerprint density at radius 1 is 0.833 bits per heavy atom. The summed E-state index contributed by atoms with van der Waals surface area (Å²) in [6.07, 6.45) is 2.32. The summed E-state index contributed by atoms with van der Waals surface area (Å²) in [5.41, 5.74) is 14.0. The fourth-order valence-electron chi connectivity index (χ4n) is 0.838. The molecule has 0 bridgehead atoms. The Kier molecular flexibility index (Phi) is 6.08. The Morgan fingerprint density at radius 2 is 1.58 bits per heavy atom. The Morgan fingerprint density at radius 3 is 1.75 bits per heavy atom. The van der Waals surface area contributed by atoms with E-state index in [1.54, 1.807) is 0 Å². The normalized spacial score (nSPS) is 24.0. The summed E-state index contributed by atoms with van der Waals surface area (Å²) in [6, 6.07) is 0. The molecular formula is C6H17N5O. The van der Waals surface area contributed by atoms with Crippen LogP contribution in [-0.2, 0) is 4.84 Å². The Bertz CT molecular complexity index is 58.9. The minimum Gasteiger partial charge on any atom is -0.287 e. The Labute approximate surface area is 72.3 Å². The second-order valence-electron chi connectivity index (χ2n) is 2.56. The van der Waals surface area contributed by atoms with Crippen LogP contribution < -0.4 is 27.4 Å². The highest BCUT2D eigenvalue weighted by Crippen LogP contribution is 1.79. The molecule has 2 fully saturated rings. The molecule has 0 spiro atoms. The van der Waals surface area contributed by atoms with E-state index in [-0.39, 0.29) is 0 Å². The Hall–Kier alpha value is -0.240. The highest BCUT2D eigenvalue weighted by atomic mass is 16.7. The molecule has 0 saturated carbocycles. The van der Waals surface area contributed by atoms with Gasteiger partial charge in [0.15, 0.2) is 0 Å². The number of nitrogens with one attached hydrogen (secondary N) is 5. The van der Waals surface area contributed by atoms with Gasteiger partial charge < -0.3 is 0 Å². The summed E-state index contributed by atoms with van der Waals surface area (Å²) in [6.45, 7) is 3.99. The van der Waals surface area contributed by atoms with Crippen LogP contribution >= 0.6 is 0 Å². The van der Waals surface area contributed by atoms with Crippen LogP contribution in [0.5, 0.6) is 0 Å². The molecule has 6 heteroatoms. The van der Waals surface area contributed by atoms with Crippen LogP contribution in [0.3, 0.4) is 0 Å². The Balaban J connectivity index is 0.000000120. The molecule has 0 amide bonds. The van der Waals surface area contributed by atoms with Gasteiger partial charge in [-0.1, -0.05) is 0 Å². The van der Waals surface area contributed by atoms with E-state index in [9.17, 15) is 0 Å². The highest BCUT2D eigenvalue weighted by Gasteiger charge is 1.92. The maximum atomic E-state index is 4.71. The van der Waals surface area contributed by atoms with E-state index in [1.165, 1.54) is 6.42 Å². The zero-order valence-corrected chi connectivity index (χ0v) is 7.15. The number of hydrogen-bond acceptors (Lipinski definition) is 6. The maximum absolute atomic E-state index is 4.71. The van der Waals surface area contributed by atoms with Gasteiger partial charge in [-0.15, -0.1) is 5.59 Å². The standard InChI is InChI=1S/C3H9N3.C3H8N2O/c1-2-4-6-5-3-1;1-2-4-5-6-3-1/h4-6H,1-3H2;4-5H,1-3H2. The summed E-state index contributed by atoms with van der Waals surface area (Å²) in [7, 11) is 0. The first-order valence-corrected chi connectivity index (χ1v) is 4.30. The molecule has 0 radical (unpaired) electrons. The van der Waals surface area contributed by atoms with Crippen LogP contribution in [0.15, 0.2) is 0 Å². The van der Waals surface area contributed by atoms with Gasteiger partial charge in [0.1, 0.15) is 0 Å². The smallest absolute Gasteiger partial charge is 0.0711 e. The monoisotopic (exact) mass is 175 g/mol. The fourth-order valence-corrected chi connectivity index (χ4v) is 0.838. The van der Waals surface area contributed by atoms with Gasteiger partial charge in [0.25, 0.3) is 0 Å². The van der Waals surface area contributed by atoms with Crippen molar-refractivity contribution in [1.82, 2.24) is 27.4 Å². The summed E-state index contributed by atoms with van der Waals surface area (Å²) < 4.78 is 0. The summed E-state index contributed by atoms with van der Waals surface area (Å²) in [5.74, 6) is 0. The fraction of sp³-hybridized carbons (Fsp3) is 1.00. The maximum Gasteiger partial charge on any atom is 0.0711 e. The van der Waals surface area contributed by atoms with Crippen LogP contribution in [0.4, 0.5) is 0 Å². The third-order valence-electron chi connectivity index (χ3n) is 1.47. The molecule has 2 heterocycles. The van der Waals surface area contributed by atoms with E-state index >= 15 is 0 Å². The molecule has 5 N–H and O–H groups in total. The predicted octanol–water partition coefficient (Wildman–Crippen LogP) is -1.60. The van der Waals surface area contributed by atoms with Crippen molar-refractivity contribution in [3.05, 3.63) is 0 Å². The van der Waals surface area contributed by atoms with Crippen molar-refractivity contribution >= 4 is 0 Å². The van der Waals surface area contributed by atoms with Crippen LogP contribution in [-0.4, -0.2) is 26.2 Å². The van der Waals surface area contributed by atoms with Crippen molar-refractivity contribution in [2.45, 2.75) is 12.8 Å². The van der Waals surface area contributed by atoms with Gasteiger partial charge in [0.2, 0.25) is 0 Å². The molecule has 0 aromatic rings. The van der Waals surface area contributed by atoms with E-state index < -0.39 is 0 Å². The van der Waals surface area contributed by atoms with Gasteiger partial charge in [-0.3, -0.25) is 4.84 Å². The van der Waals surface area contributed by atoms with Crippen LogP contribution in [0.1, 0.15) is 12.8 Å². The summed E-state index contributed by atoms with van der Waals surface area (Å²) >= 11 is 0. The van der Waals surface area contributed by atoms with Crippen molar-refractivity contribution in [2.75, 3.05) is 26.2 Å². The third kappa shape index (κ3) is 5.42. The van der Waals surface area contributed by atoms with Gasteiger partial charge in [0.05, 0.1) is 6.61 Å². The predicted molar refractivity (Wildman–Crippen MR) is 45.5 cm³/mol. The van der Waals surface area contributed by atoms with E-state index in [1.807, 2.05) is 0 Å². The van der Waals surface area contributed by atoms with E-state index in [2.05, 4.69) is 27.4 Å². The average Bonchev–Trinajstić information content (AvgIpc) is 2.24. The summed E-state index contributed by atoms with van der Waals surface area (Å²) in [5, 5.41) is 0. The zero-order chi connectivity index (χ0) is 8.49. The van der Waals surface area contributed by atoms with Crippen molar-refractivity contribution in [3.63, 3.8) is 0 Å². The molecule has 0 atom stereocenters. The zero-order valence-electron chi connectivity index (χ0n) is 7.15. The third-order valence-corrected chi connectivity index (χ3v) is 1.47. The van der Waals surface area contributed by atoms with Crippen molar-refractivity contribution in [1.29, 1.82) is 0 Å². The molecule has 0 aliphatic carbocycles. The topological polar surface area (TPSA) is 69.4 Å². The molecule has 0 unspecified atom stereocenters. The highest BCUT2D eigenvalue weighted by molar-refractivity contribution is 4.47. The lowest BCUT2D eigenvalue weighted by Crippen LogP contribution is -2.49. The number of rotatable bonds is 0. The van der Waals surface area contributed by atoms with Gasteiger partial charge in [-0.2, -0.15) is 5.53 Å². The molecular weight excluding hydrogens is 158 g/mol. The second-order valence-corrected chi connectivity index (χ2v) is 2.56. The largest absolute Gasteiger partial charge is 0.287 e. The number of hydrazine groups is 3.